The Kier molecular flexibility index (Phi) is 4.84. The van der Waals surface area contributed by atoms with Gasteiger partial charge in [-0.15, -0.1) is 0 Å². The molecule has 2 aromatic rings. The first-order chi connectivity index (χ1) is 11.3. The van der Waals surface area contributed by atoms with E-state index >= 15 is 0 Å². The maximum Gasteiger partial charge on any atom is 0.147 e. The molecule has 1 saturated heterocycles. The van der Waals surface area contributed by atoms with Crippen molar-refractivity contribution >= 4 is 5.69 Å². The number of nitrogens with zero attached hydrogens (tertiary/aromatic N) is 4. The number of pyridine rings is 1. The molecule has 0 atom stereocenters. The van der Waals surface area contributed by atoms with E-state index in [1.54, 1.807) is 12.1 Å². The summed E-state index contributed by atoms with van der Waals surface area (Å²) in [5.74, 6) is -0.311. The molecular weight excluding hydrogens is 291 g/mol. The highest BCUT2D eigenvalue weighted by atomic mass is 19.1. The Hall–Kier alpha value is -2.45. The van der Waals surface area contributed by atoms with E-state index in [1.807, 2.05) is 30.6 Å². The molecule has 0 radical (unpaired) electrons. The van der Waals surface area contributed by atoms with E-state index < -0.39 is 0 Å². The van der Waals surface area contributed by atoms with Crippen molar-refractivity contribution in [2.75, 3.05) is 37.6 Å². The van der Waals surface area contributed by atoms with Gasteiger partial charge in [-0.05, 0) is 42.3 Å². The van der Waals surface area contributed by atoms with Crippen LogP contribution in [0.3, 0.4) is 0 Å². The molecule has 1 aliphatic heterocycles. The lowest BCUT2D eigenvalue weighted by atomic mass is 10.1. The van der Waals surface area contributed by atoms with Crippen molar-refractivity contribution in [3.8, 4) is 6.07 Å². The largest absolute Gasteiger partial charge is 0.367 e. The molecule has 0 bridgehead atoms. The Bertz CT molecular complexity index is 688. The second kappa shape index (κ2) is 7.21. The van der Waals surface area contributed by atoms with E-state index in [-0.39, 0.29) is 5.82 Å². The summed E-state index contributed by atoms with van der Waals surface area (Å²) in [6, 6.07) is 10.7. The van der Waals surface area contributed by atoms with Crippen LogP contribution in [0.4, 0.5) is 10.1 Å². The number of hydrogen-bond acceptors (Lipinski definition) is 4. The molecule has 0 unspecified atom stereocenters. The van der Waals surface area contributed by atoms with Crippen LogP contribution in [-0.2, 0) is 6.42 Å². The van der Waals surface area contributed by atoms with Gasteiger partial charge in [0.1, 0.15) is 5.82 Å². The molecule has 3 rings (SSSR count). The monoisotopic (exact) mass is 310 g/mol. The van der Waals surface area contributed by atoms with Crippen LogP contribution in [0.25, 0.3) is 0 Å². The molecule has 0 aliphatic carbocycles. The van der Waals surface area contributed by atoms with Gasteiger partial charge in [-0.3, -0.25) is 9.88 Å². The Morgan fingerprint density at radius 2 is 1.83 bits per heavy atom. The van der Waals surface area contributed by atoms with E-state index in [4.69, 9.17) is 5.26 Å². The second-order valence-electron chi connectivity index (χ2n) is 5.71. The molecule has 2 heterocycles. The predicted molar refractivity (Wildman–Crippen MR) is 87.7 cm³/mol. The SMILES string of the molecule is N#Cc1ccc(N2CCN(CCc3ccncc3)CC2)c(F)c1. The molecule has 0 N–H and O–H groups in total. The molecule has 0 spiro atoms. The van der Waals surface area contributed by atoms with Gasteiger partial charge in [-0.1, -0.05) is 0 Å². The van der Waals surface area contributed by atoms with Crippen LogP contribution in [0.15, 0.2) is 42.7 Å². The van der Waals surface area contributed by atoms with Gasteiger partial charge in [0.15, 0.2) is 0 Å². The van der Waals surface area contributed by atoms with Crippen molar-refractivity contribution in [3.63, 3.8) is 0 Å². The Morgan fingerprint density at radius 3 is 2.48 bits per heavy atom. The fourth-order valence-corrected chi connectivity index (χ4v) is 2.88. The van der Waals surface area contributed by atoms with Crippen LogP contribution < -0.4 is 4.90 Å². The Morgan fingerprint density at radius 1 is 1.09 bits per heavy atom. The molecule has 23 heavy (non-hydrogen) atoms. The molecule has 0 amide bonds. The molecule has 5 heteroatoms. The number of benzene rings is 1. The van der Waals surface area contributed by atoms with Gasteiger partial charge in [0.05, 0.1) is 17.3 Å². The molecule has 4 nitrogen and oxygen atoms in total. The van der Waals surface area contributed by atoms with Crippen molar-refractivity contribution in [3.05, 3.63) is 59.7 Å². The van der Waals surface area contributed by atoms with Gasteiger partial charge >= 0.3 is 0 Å². The highest BCUT2D eigenvalue weighted by Crippen LogP contribution is 2.21. The summed E-state index contributed by atoms with van der Waals surface area (Å²) in [4.78, 5) is 8.48. The van der Waals surface area contributed by atoms with Crippen LogP contribution in [0.2, 0.25) is 0 Å². The zero-order chi connectivity index (χ0) is 16.1. The third-order valence-electron chi connectivity index (χ3n) is 4.26. The van der Waals surface area contributed by atoms with Crippen LogP contribution >= 0.6 is 0 Å². The standard InChI is InChI=1S/C18H19FN4/c19-17-13-16(14-20)1-2-18(17)23-11-9-22(10-12-23)8-5-15-3-6-21-7-4-15/h1-4,6-7,13H,5,8-12H2. The molecular formula is C18H19FN4. The topological polar surface area (TPSA) is 43.2 Å². The number of rotatable bonds is 4. The number of hydrogen-bond donors (Lipinski definition) is 0. The summed E-state index contributed by atoms with van der Waals surface area (Å²) in [7, 11) is 0. The maximum absolute atomic E-state index is 14.1. The second-order valence-corrected chi connectivity index (χ2v) is 5.71. The average molecular weight is 310 g/mol. The smallest absolute Gasteiger partial charge is 0.147 e. The minimum Gasteiger partial charge on any atom is -0.367 e. The highest BCUT2D eigenvalue weighted by molar-refractivity contribution is 5.51. The Labute approximate surface area is 135 Å². The molecule has 118 valence electrons. The number of piperazine rings is 1. The number of anilines is 1. The summed E-state index contributed by atoms with van der Waals surface area (Å²) in [5.41, 5.74) is 2.25. The van der Waals surface area contributed by atoms with Gasteiger partial charge in [-0.25, -0.2) is 4.39 Å². The highest BCUT2D eigenvalue weighted by Gasteiger charge is 2.19. The van der Waals surface area contributed by atoms with E-state index in [0.29, 0.717) is 11.3 Å². The summed E-state index contributed by atoms with van der Waals surface area (Å²) in [6.45, 7) is 4.46. The minimum absolute atomic E-state index is 0.311. The fraction of sp³-hybridized carbons (Fsp3) is 0.333. The lowest BCUT2D eigenvalue weighted by Crippen LogP contribution is -2.47. The first kappa shape index (κ1) is 15.4. The van der Waals surface area contributed by atoms with E-state index in [2.05, 4.69) is 14.8 Å². The summed E-state index contributed by atoms with van der Waals surface area (Å²) >= 11 is 0. The zero-order valence-electron chi connectivity index (χ0n) is 13.0. The molecule has 1 aromatic heterocycles. The number of nitriles is 1. The first-order valence-corrected chi connectivity index (χ1v) is 7.82. The molecule has 1 aliphatic rings. The van der Waals surface area contributed by atoms with E-state index in [1.165, 1.54) is 11.6 Å². The average Bonchev–Trinajstić information content (AvgIpc) is 2.61. The van der Waals surface area contributed by atoms with Crippen molar-refractivity contribution in [1.29, 1.82) is 5.26 Å². The Balaban J connectivity index is 1.53. The van der Waals surface area contributed by atoms with Gasteiger partial charge in [0, 0.05) is 45.1 Å². The van der Waals surface area contributed by atoms with Crippen LogP contribution in [0.5, 0.6) is 0 Å². The molecule has 0 saturated carbocycles. The van der Waals surface area contributed by atoms with Gasteiger partial charge in [0.2, 0.25) is 0 Å². The van der Waals surface area contributed by atoms with Gasteiger partial charge in [0.25, 0.3) is 0 Å². The number of halogens is 1. The molecule has 1 fully saturated rings. The minimum atomic E-state index is -0.311. The third kappa shape index (κ3) is 3.85. The quantitative estimate of drug-likeness (QED) is 0.870. The van der Waals surface area contributed by atoms with Gasteiger partial charge in [-0.2, -0.15) is 5.26 Å². The lowest BCUT2D eigenvalue weighted by molar-refractivity contribution is 0.260. The van der Waals surface area contributed by atoms with Crippen LogP contribution in [-0.4, -0.2) is 42.6 Å². The van der Waals surface area contributed by atoms with Gasteiger partial charge < -0.3 is 4.90 Å². The summed E-state index contributed by atoms with van der Waals surface area (Å²) < 4.78 is 14.1. The van der Waals surface area contributed by atoms with Crippen molar-refractivity contribution in [2.24, 2.45) is 0 Å². The van der Waals surface area contributed by atoms with Crippen molar-refractivity contribution < 1.29 is 4.39 Å². The summed E-state index contributed by atoms with van der Waals surface area (Å²) in [5, 5.41) is 8.81. The van der Waals surface area contributed by atoms with Crippen LogP contribution in [0.1, 0.15) is 11.1 Å². The normalized spacial score (nSPS) is 15.4. The predicted octanol–water partition coefficient (Wildman–Crippen LogP) is 2.46. The van der Waals surface area contributed by atoms with E-state index in [9.17, 15) is 4.39 Å². The first-order valence-electron chi connectivity index (χ1n) is 7.82. The maximum atomic E-state index is 14.1. The molecule has 1 aromatic carbocycles. The zero-order valence-corrected chi connectivity index (χ0v) is 13.0. The van der Waals surface area contributed by atoms with Crippen LogP contribution in [0, 0.1) is 17.1 Å². The van der Waals surface area contributed by atoms with E-state index in [0.717, 1.165) is 39.1 Å². The van der Waals surface area contributed by atoms with Crippen molar-refractivity contribution in [2.45, 2.75) is 6.42 Å². The van der Waals surface area contributed by atoms with Crippen molar-refractivity contribution in [1.82, 2.24) is 9.88 Å². The number of aromatic nitrogens is 1. The lowest BCUT2D eigenvalue weighted by Gasteiger charge is -2.36. The third-order valence-corrected chi connectivity index (χ3v) is 4.26. The fourth-order valence-electron chi connectivity index (χ4n) is 2.88. The summed E-state index contributed by atoms with van der Waals surface area (Å²) in [6.07, 6.45) is 4.65.